The number of hydrogen-bond acceptors (Lipinski definition) is 4. The lowest BCUT2D eigenvalue weighted by Gasteiger charge is -2.16. The van der Waals surface area contributed by atoms with E-state index < -0.39 is 0 Å². The third-order valence-electron chi connectivity index (χ3n) is 2.70. The van der Waals surface area contributed by atoms with Gasteiger partial charge < -0.3 is 19.5 Å². The van der Waals surface area contributed by atoms with E-state index in [9.17, 15) is 0 Å². The summed E-state index contributed by atoms with van der Waals surface area (Å²) < 4.78 is 16.0. The van der Waals surface area contributed by atoms with Crippen LogP contribution in [0.15, 0.2) is 18.2 Å². The summed E-state index contributed by atoms with van der Waals surface area (Å²) in [6.45, 7) is 7.97. The van der Waals surface area contributed by atoms with E-state index in [1.165, 1.54) is 5.56 Å². The lowest BCUT2D eigenvalue weighted by atomic mass is 10.1. The molecule has 0 heterocycles. The molecule has 18 heavy (non-hydrogen) atoms. The van der Waals surface area contributed by atoms with Crippen LogP contribution >= 0.6 is 0 Å². The van der Waals surface area contributed by atoms with Gasteiger partial charge in [0, 0.05) is 12.6 Å². The summed E-state index contributed by atoms with van der Waals surface area (Å²) in [5, 5.41) is 3.36. The van der Waals surface area contributed by atoms with E-state index in [2.05, 4.69) is 19.2 Å². The number of rotatable bonds is 8. The van der Waals surface area contributed by atoms with Crippen LogP contribution in [0.4, 0.5) is 0 Å². The molecule has 0 amide bonds. The maximum atomic E-state index is 5.50. The van der Waals surface area contributed by atoms with Crippen LogP contribution < -0.4 is 14.8 Å². The average Bonchev–Trinajstić information content (AvgIpc) is 2.39. The van der Waals surface area contributed by atoms with E-state index >= 15 is 0 Å². The van der Waals surface area contributed by atoms with Crippen molar-refractivity contribution in [1.82, 2.24) is 5.32 Å². The fourth-order valence-corrected chi connectivity index (χ4v) is 1.69. The molecule has 1 N–H and O–H groups in total. The van der Waals surface area contributed by atoms with Crippen molar-refractivity contribution in [2.75, 3.05) is 27.1 Å². The predicted octanol–water partition coefficient (Wildman–Crippen LogP) is 2.74. The van der Waals surface area contributed by atoms with Crippen molar-refractivity contribution in [3.8, 4) is 11.5 Å². The summed E-state index contributed by atoms with van der Waals surface area (Å²) in [6, 6.07) is 6.25. The minimum atomic E-state index is 0.245. The lowest BCUT2D eigenvalue weighted by molar-refractivity contribution is 0.0209. The third kappa shape index (κ3) is 4.20. The Labute approximate surface area is 109 Å². The highest BCUT2D eigenvalue weighted by atomic mass is 16.7. The Kier molecular flexibility index (Phi) is 6.54. The van der Waals surface area contributed by atoms with Crippen molar-refractivity contribution in [1.29, 1.82) is 0 Å². The van der Waals surface area contributed by atoms with E-state index in [0.29, 0.717) is 18.4 Å². The number of nitrogens with one attached hydrogen (secondary N) is 1. The number of hydrogen-bond donors (Lipinski definition) is 1. The minimum absolute atomic E-state index is 0.245. The lowest BCUT2D eigenvalue weighted by Crippen LogP contribution is -2.17. The molecule has 0 aliphatic heterocycles. The minimum Gasteiger partial charge on any atom is -0.493 e. The molecule has 0 aliphatic rings. The van der Waals surface area contributed by atoms with Crippen molar-refractivity contribution in [2.45, 2.75) is 26.8 Å². The van der Waals surface area contributed by atoms with Gasteiger partial charge in [0.15, 0.2) is 18.3 Å². The Hall–Kier alpha value is -1.26. The summed E-state index contributed by atoms with van der Waals surface area (Å²) in [5.41, 5.74) is 1.18. The molecule has 1 aromatic carbocycles. The average molecular weight is 253 g/mol. The molecule has 4 heteroatoms. The van der Waals surface area contributed by atoms with E-state index in [1.807, 2.05) is 25.1 Å². The standard InChI is InChI=1S/C14H23NO3/c1-5-15-11(3)12-7-8-13(14(9-12)16-4)18-10-17-6-2/h7-9,11,15H,5-6,10H2,1-4H3. The van der Waals surface area contributed by atoms with Crippen LogP contribution in [-0.2, 0) is 4.74 Å². The van der Waals surface area contributed by atoms with Gasteiger partial charge in [-0.05, 0) is 38.1 Å². The molecule has 0 radical (unpaired) electrons. The van der Waals surface area contributed by atoms with Crippen LogP contribution in [0.2, 0.25) is 0 Å². The summed E-state index contributed by atoms with van der Waals surface area (Å²) in [7, 11) is 1.64. The second-order valence-corrected chi connectivity index (χ2v) is 3.94. The normalized spacial score (nSPS) is 12.2. The van der Waals surface area contributed by atoms with Gasteiger partial charge in [0.1, 0.15) is 0 Å². The van der Waals surface area contributed by atoms with Crippen molar-refractivity contribution < 1.29 is 14.2 Å². The zero-order valence-corrected chi connectivity index (χ0v) is 11.7. The molecule has 1 aromatic rings. The molecule has 0 fully saturated rings. The van der Waals surface area contributed by atoms with Crippen molar-refractivity contribution >= 4 is 0 Å². The highest BCUT2D eigenvalue weighted by molar-refractivity contribution is 5.43. The Morgan fingerprint density at radius 3 is 2.61 bits per heavy atom. The van der Waals surface area contributed by atoms with Crippen molar-refractivity contribution in [3.63, 3.8) is 0 Å². The van der Waals surface area contributed by atoms with Crippen LogP contribution in [0.1, 0.15) is 32.4 Å². The zero-order valence-electron chi connectivity index (χ0n) is 11.7. The first kappa shape index (κ1) is 14.8. The fourth-order valence-electron chi connectivity index (χ4n) is 1.69. The molecule has 1 rings (SSSR count). The van der Waals surface area contributed by atoms with Crippen LogP contribution in [0.5, 0.6) is 11.5 Å². The van der Waals surface area contributed by atoms with Gasteiger partial charge in [0.2, 0.25) is 0 Å². The van der Waals surface area contributed by atoms with Gasteiger partial charge in [0.05, 0.1) is 7.11 Å². The Morgan fingerprint density at radius 2 is 2.00 bits per heavy atom. The molecule has 0 aliphatic carbocycles. The van der Waals surface area contributed by atoms with Gasteiger partial charge in [-0.25, -0.2) is 0 Å². The third-order valence-corrected chi connectivity index (χ3v) is 2.70. The SMILES string of the molecule is CCNC(C)c1ccc(OCOCC)c(OC)c1. The van der Waals surface area contributed by atoms with Crippen molar-refractivity contribution in [3.05, 3.63) is 23.8 Å². The topological polar surface area (TPSA) is 39.7 Å². The van der Waals surface area contributed by atoms with Crippen LogP contribution in [0.3, 0.4) is 0 Å². The van der Waals surface area contributed by atoms with Gasteiger partial charge in [-0.15, -0.1) is 0 Å². The van der Waals surface area contributed by atoms with Crippen molar-refractivity contribution in [2.24, 2.45) is 0 Å². The van der Waals surface area contributed by atoms with E-state index in [-0.39, 0.29) is 6.79 Å². The first-order valence-electron chi connectivity index (χ1n) is 6.34. The van der Waals surface area contributed by atoms with Crippen LogP contribution in [0.25, 0.3) is 0 Å². The first-order valence-corrected chi connectivity index (χ1v) is 6.34. The number of ether oxygens (including phenoxy) is 3. The zero-order chi connectivity index (χ0) is 13.4. The summed E-state index contributed by atoms with van der Waals surface area (Å²) in [5.74, 6) is 1.44. The van der Waals surface area contributed by atoms with Gasteiger partial charge in [-0.3, -0.25) is 0 Å². The Bertz CT molecular complexity index is 355. The number of methoxy groups -OCH3 is 1. The van der Waals surface area contributed by atoms with Crippen LogP contribution in [0, 0.1) is 0 Å². The molecule has 0 spiro atoms. The molecule has 0 saturated carbocycles. The predicted molar refractivity (Wildman–Crippen MR) is 72.2 cm³/mol. The second-order valence-electron chi connectivity index (χ2n) is 3.94. The van der Waals surface area contributed by atoms with E-state index in [4.69, 9.17) is 14.2 Å². The molecule has 0 aromatic heterocycles. The first-order chi connectivity index (χ1) is 8.72. The van der Waals surface area contributed by atoms with Gasteiger partial charge in [0.25, 0.3) is 0 Å². The molecule has 0 bridgehead atoms. The molecule has 0 saturated heterocycles. The quantitative estimate of drug-likeness (QED) is 0.571. The molecule has 1 unspecified atom stereocenters. The smallest absolute Gasteiger partial charge is 0.189 e. The molecule has 4 nitrogen and oxygen atoms in total. The monoisotopic (exact) mass is 253 g/mol. The molecular weight excluding hydrogens is 230 g/mol. The van der Waals surface area contributed by atoms with Gasteiger partial charge >= 0.3 is 0 Å². The Balaban J connectivity index is 2.76. The van der Waals surface area contributed by atoms with Gasteiger partial charge in [-0.1, -0.05) is 13.0 Å². The molecule has 1 atom stereocenters. The maximum Gasteiger partial charge on any atom is 0.189 e. The Morgan fingerprint density at radius 1 is 1.22 bits per heavy atom. The van der Waals surface area contributed by atoms with E-state index in [1.54, 1.807) is 7.11 Å². The summed E-state index contributed by atoms with van der Waals surface area (Å²) >= 11 is 0. The number of benzene rings is 1. The highest BCUT2D eigenvalue weighted by Crippen LogP contribution is 2.30. The maximum absolute atomic E-state index is 5.50. The van der Waals surface area contributed by atoms with E-state index in [0.717, 1.165) is 12.3 Å². The summed E-state index contributed by atoms with van der Waals surface area (Å²) in [4.78, 5) is 0. The largest absolute Gasteiger partial charge is 0.493 e. The fraction of sp³-hybridized carbons (Fsp3) is 0.571. The molecule has 102 valence electrons. The van der Waals surface area contributed by atoms with Crippen LogP contribution in [-0.4, -0.2) is 27.1 Å². The second kappa shape index (κ2) is 7.95. The summed E-state index contributed by atoms with van der Waals surface area (Å²) in [6.07, 6.45) is 0. The highest BCUT2D eigenvalue weighted by Gasteiger charge is 2.09. The molecular formula is C14H23NO3. The van der Waals surface area contributed by atoms with Gasteiger partial charge in [-0.2, -0.15) is 0 Å².